The minimum atomic E-state index is -0.812. The zero-order valence-electron chi connectivity index (χ0n) is 11.3. The Balaban J connectivity index is 2.46. The molecule has 1 unspecified atom stereocenters. The highest BCUT2D eigenvalue weighted by molar-refractivity contribution is 5.69. The van der Waals surface area contributed by atoms with E-state index in [-0.39, 0.29) is 12.6 Å². The van der Waals surface area contributed by atoms with Gasteiger partial charge >= 0.3 is 5.97 Å². The molecule has 0 aromatic heterocycles. The molecule has 5 nitrogen and oxygen atoms in total. The summed E-state index contributed by atoms with van der Waals surface area (Å²) in [7, 11) is 0. The molecule has 0 aliphatic carbocycles. The van der Waals surface area contributed by atoms with Crippen molar-refractivity contribution in [3.63, 3.8) is 0 Å². The molecule has 0 saturated carbocycles. The third kappa shape index (κ3) is 5.16. The second-order valence-electron chi connectivity index (χ2n) is 4.96. The summed E-state index contributed by atoms with van der Waals surface area (Å²) in [5.74, 6) is -0.812. The monoisotopic (exact) mass is 256 g/mol. The molecule has 0 aromatic rings. The van der Waals surface area contributed by atoms with Crippen LogP contribution in [0.5, 0.6) is 0 Å². The van der Waals surface area contributed by atoms with Gasteiger partial charge in [-0.25, -0.2) is 0 Å². The highest BCUT2D eigenvalue weighted by Gasteiger charge is 2.24. The maximum absolute atomic E-state index is 10.8. The predicted molar refractivity (Wildman–Crippen MR) is 70.7 cm³/mol. The van der Waals surface area contributed by atoms with Crippen molar-refractivity contribution in [3.8, 4) is 0 Å². The van der Waals surface area contributed by atoms with Crippen LogP contribution in [0.4, 0.5) is 0 Å². The first kappa shape index (κ1) is 15.1. The number of hydrogen-bond acceptors (Lipinski definition) is 4. The SMILES string of the molecule is C=CCN(CC(=O)O)CC1CN(C(C)C)CCO1. The molecule has 0 amide bonds. The van der Waals surface area contributed by atoms with Crippen molar-refractivity contribution in [1.82, 2.24) is 9.80 Å². The van der Waals surface area contributed by atoms with Gasteiger partial charge in [0.1, 0.15) is 0 Å². The molecular formula is C13H24N2O3. The summed E-state index contributed by atoms with van der Waals surface area (Å²) in [6.45, 7) is 11.8. The quantitative estimate of drug-likeness (QED) is 0.678. The lowest BCUT2D eigenvalue weighted by Crippen LogP contribution is -2.50. The van der Waals surface area contributed by atoms with Crippen molar-refractivity contribution in [3.05, 3.63) is 12.7 Å². The number of ether oxygens (including phenoxy) is 1. The fourth-order valence-electron chi connectivity index (χ4n) is 2.19. The number of nitrogens with zero attached hydrogens (tertiary/aromatic N) is 2. The van der Waals surface area contributed by atoms with Crippen molar-refractivity contribution in [2.24, 2.45) is 0 Å². The number of aliphatic carboxylic acids is 1. The molecule has 1 aliphatic heterocycles. The van der Waals surface area contributed by atoms with Crippen molar-refractivity contribution in [2.45, 2.75) is 26.0 Å². The Morgan fingerprint density at radius 1 is 1.67 bits per heavy atom. The van der Waals surface area contributed by atoms with Crippen LogP contribution in [-0.2, 0) is 9.53 Å². The second-order valence-corrected chi connectivity index (χ2v) is 4.96. The van der Waals surface area contributed by atoms with Gasteiger partial charge < -0.3 is 9.84 Å². The van der Waals surface area contributed by atoms with Crippen molar-refractivity contribution < 1.29 is 14.6 Å². The van der Waals surface area contributed by atoms with Crippen LogP contribution in [0.3, 0.4) is 0 Å². The highest BCUT2D eigenvalue weighted by Crippen LogP contribution is 2.10. The van der Waals surface area contributed by atoms with Gasteiger partial charge in [-0.1, -0.05) is 6.08 Å². The van der Waals surface area contributed by atoms with E-state index in [0.717, 1.165) is 19.7 Å². The highest BCUT2D eigenvalue weighted by atomic mass is 16.5. The Labute approximate surface area is 109 Å². The molecule has 104 valence electrons. The van der Waals surface area contributed by atoms with E-state index in [1.165, 1.54) is 0 Å². The number of morpholine rings is 1. The Hall–Kier alpha value is -0.910. The second kappa shape index (κ2) is 7.51. The van der Waals surface area contributed by atoms with Crippen molar-refractivity contribution in [1.29, 1.82) is 0 Å². The lowest BCUT2D eigenvalue weighted by Gasteiger charge is -2.37. The minimum absolute atomic E-state index is 0.0353. The standard InChI is InChI=1S/C13H24N2O3/c1-4-5-14(10-13(16)17)8-12-9-15(11(2)3)6-7-18-12/h4,11-12H,1,5-10H2,2-3H3,(H,16,17). The molecule has 1 atom stereocenters. The molecule has 0 radical (unpaired) electrons. The Bertz CT molecular complexity index is 281. The third-order valence-electron chi connectivity index (χ3n) is 3.11. The molecular weight excluding hydrogens is 232 g/mol. The average Bonchev–Trinajstić information content (AvgIpc) is 2.28. The van der Waals surface area contributed by atoms with Gasteiger partial charge in [0.15, 0.2) is 0 Å². The summed E-state index contributed by atoms with van der Waals surface area (Å²) >= 11 is 0. The van der Waals surface area contributed by atoms with Crippen LogP contribution in [0, 0.1) is 0 Å². The van der Waals surface area contributed by atoms with Crippen LogP contribution < -0.4 is 0 Å². The molecule has 1 rings (SSSR count). The third-order valence-corrected chi connectivity index (χ3v) is 3.11. The van der Waals surface area contributed by atoms with Gasteiger partial charge in [-0.2, -0.15) is 0 Å². The van der Waals surface area contributed by atoms with E-state index >= 15 is 0 Å². The first-order chi connectivity index (χ1) is 8.52. The average molecular weight is 256 g/mol. The van der Waals surface area contributed by atoms with Gasteiger partial charge in [-0.05, 0) is 13.8 Å². The van der Waals surface area contributed by atoms with E-state index < -0.39 is 5.97 Å². The number of carboxylic acids is 1. The molecule has 1 saturated heterocycles. The van der Waals surface area contributed by atoms with Crippen LogP contribution in [0.15, 0.2) is 12.7 Å². The Kier molecular flexibility index (Phi) is 6.32. The molecule has 5 heteroatoms. The summed E-state index contributed by atoms with van der Waals surface area (Å²) in [4.78, 5) is 15.0. The molecule has 0 spiro atoms. The fraction of sp³-hybridized carbons (Fsp3) is 0.769. The molecule has 0 aromatic carbocycles. The topological polar surface area (TPSA) is 53.0 Å². The van der Waals surface area contributed by atoms with Crippen LogP contribution in [0.2, 0.25) is 0 Å². The van der Waals surface area contributed by atoms with Gasteiger partial charge in [0.25, 0.3) is 0 Å². The minimum Gasteiger partial charge on any atom is -0.480 e. The van der Waals surface area contributed by atoms with Gasteiger partial charge in [0, 0.05) is 32.2 Å². The number of hydrogen-bond donors (Lipinski definition) is 1. The smallest absolute Gasteiger partial charge is 0.317 e. The van der Waals surface area contributed by atoms with Crippen LogP contribution in [0.25, 0.3) is 0 Å². The first-order valence-electron chi connectivity index (χ1n) is 6.43. The maximum atomic E-state index is 10.8. The zero-order valence-corrected chi connectivity index (χ0v) is 11.3. The normalized spacial score (nSPS) is 21.4. The van der Waals surface area contributed by atoms with E-state index in [9.17, 15) is 4.79 Å². The lowest BCUT2D eigenvalue weighted by atomic mass is 10.2. The van der Waals surface area contributed by atoms with E-state index in [1.54, 1.807) is 6.08 Å². The summed E-state index contributed by atoms with van der Waals surface area (Å²) < 4.78 is 5.71. The van der Waals surface area contributed by atoms with Crippen LogP contribution in [0.1, 0.15) is 13.8 Å². The van der Waals surface area contributed by atoms with Crippen LogP contribution >= 0.6 is 0 Å². The number of rotatable bonds is 7. The zero-order chi connectivity index (χ0) is 13.5. The molecule has 1 N–H and O–H groups in total. The van der Waals surface area contributed by atoms with Gasteiger partial charge in [-0.3, -0.25) is 14.6 Å². The first-order valence-corrected chi connectivity index (χ1v) is 6.43. The van der Waals surface area contributed by atoms with Gasteiger partial charge in [-0.15, -0.1) is 6.58 Å². The summed E-state index contributed by atoms with van der Waals surface area (Å²) in [5.41, 5.74) is 0. The van der Waals surface area contributed by atoms with Gasteiger partial charge in [0.2, 0.25) is 0 Å². The van der Waals surface area contributed by atoms with Crippen molar-refractivity contribution >= 4 is 5.97 Å². The van der Waals surface area contributed by atoms with Crippen LogP contribution in [-0.4, -0.2) is 72.4 Å². The van der Waals surface area contributed by atoms with Crippen molar-refractivity contribution in [2.75, 3.05) is 39.3 Å². The number of carbonyl (C=O) groups is 1. The number of carboxylic acid groups (broad SMARTS) is 1. The van der Waals surface area contributed by atoms with E-state index in [4.69, 9.17) is 9.84 Å². The molecule has 18 heavy (non-hydrogen) atoms. The predicted octanol–water partition coefficient (Wildman–Crippen LogP) is 0.668. The summed E-state index contributed by atoms with van der Waals surface area (Å²) in [5, 5.41) is 8.85. The Morgan fingerprint density at radius 2 is 2.39 bits per heavy atom. The van der Waals surface area contributed by atoms with E-state index in [2.05, 4.69) is 25.3 Å². The van der Waals surface area contributed by atoms with E-state index in [0.29, 0.717) is 19.1 Å². The molecule has 1 aliphatic rings. The lowest BCUT2D eigenvalue weighted by molar-refractivity contribution is -0.139. The fourth-order valence-corrected chi connectivity index (χ4v) is 2.19. The summed E-state index contributed by atoms with van der Waals surface area (Å²) in [6, 6.07) is 0.503. The maximum Gasteiger partial charge on any atom is 0.317 e. The van der Waals surface area contributed by atoms with Gasteiger partial charge in [0.05, 0.1) is 19.3 Å². The largest absolute Gasteiger partial charge is 0.480 e. The Morgan fingerprint density at radius 3 is 2.94 bits per heavy atom. The molecule has 1 fully saturated rings. The summed E-state index contributed by atoms with van der Waals surface area (Å²) in [6.07, 6.45) is 1.81. The van der Waals surface area contributed by atoms with E-state index in [1.807, 2.05) is 4.90 Å². The molecule has 0 bridgehead atoms. The molecule has 1 heterocycles.